The predicted molar refractivity (Wildman–Crippen MR) is 39.8 cm³/mol. The largest absolute Gasteiger partial charge is 1.00 e. The number of hydrogen-bond donors (Lipinski definition) is 1. The SMILES string of the molecule is CCCCCCC(O)C(=O)[O-].[Na+]. The second-order valence-electron chi connectivity index (χ2n) is 2.68. The van der Waals surface area contributed by atoms with E-state index < -0.39 is 12.1 Å². The van der Waals surface area contributed by atoms with Crippen molar-refractivity contribution in [2.75, 3.05) is 0 Å². The second-order valence-corrected chi connectivity index (χ2v) is 2.68. The molecule has 0 rings (SSSR count). The molecule has 0 aliphatic rings. The molecule has 0 aliphatic carbocycles. The Balaban J connectivity index is 0. The molecule has 1 unspecified atom stereocenters. The summed E-state index contributed by atoms with van der Waals surface area (Å²) < 4.78 is 0. The average molecular weight is 182 g/mol. The smallest absolute Gasteiger partial charge is 0.547 e. The van der Waals surface area contributed by atoms with Crippen LogP contribution in [0, 0.1) is 0 Å². The van der Waals surface area contributed by atoms with Gasteiger partial charge in [-0.1, -0.05) is 32.6 Å². The van der Waals surface area contributed by atoms with E-state index in [4.69, 9.17) is 5.11 Å². The van der Waals surface area contributed by atoms with Gasteiger partial charge in [0.05, 0.1) is 12.1 Å². The fourth-order valence-corrected chi connectivity index (χ4v) is 0.882. The Bertz CT molecular complexity index is 117. The van der Waals surface area contributed by atoms with Crippen molar-refractivity contribution in [2.45, 2.75) is 45.1 Å². The van der Waals surface area contributed by atoms with Gasteiger partial charge in [-0.05, 0) is 6.42 Å². The molecule has 0 heterocycles. The van der Waals surface area contributed by atoms with Gasteiger partial charge in [0.1, 0.15) is 0 Å². The van der Waals surface area contributed by atoms with E-state index in [1.807, 2.05) is 0 Å². The molecule has 66 valence electrons. The zero-order chi connectivity index (χ0) is 8.69. The molecule has 0 amide bonds. The van der Waals surface area contributed by atoms with Crippen molar-refractivity contribution in [2.24, 2.45) is 0 Å². The van der Waals surface area contributed by atoms with E-state index in [-0.39, 0.29) is 29.6 Å². The summed E-state index contributed by atoms with van der Waals surface area (Å²) in [6, 6.07) is 0. The maximum absolute atomic E-state index is 10.0. The Labute approximate surface area is 95.5 Å². The number of aliphatic hydroxyl groups is 1. The standard InChI is InChI=1S/C8H16O3.Na/c1-2-3-4-5-6-7(9)8(10)11;/h7,9H,2-6H2,1H3,(H,10,11);/q;+1/p-1. The topological polar surface area (TPSA) is 60.4 Å². The number of carboxylic acids is 1. The van der Waals surface area contributed by atoms with Gasteiger partial charge in [0.15, 0.2) is 0 Å². The predicted octanol–water partition coefficient (Wildman–Crippen LogP) is -2.93. The van der Waals surface area contributed by atoms with E-state index in [1.54, 1.807) is 0 Å². The minimum Gasteiger partial charge on any atom is -0.547 e. The number of aliphatic carboxylic acids is 1. The van der Waals surface area contributed by atoms with Crippen molar-refractivity contribution >= 4 is 5.97 Å². The van der Waals surface area contributed by atoms with Crippen LogP contribution in [-0.4, -0.2) is 17.2 Å². The van der Waals surface area contributed by atoms with E-state index in [9.17, 15) is 9.90 Å². The molecule has 0 spiro atoms. The van der Waals surface area contributed by atoms with E-state index in [2.05, 4.69) is 6.92 Å². The van der Waals surface area contributed by atoms with Crippen LogP contribution in [0.1, 0.15) is 39.0 Å². The first kappa shape index (κ1) is 14.9. The first-order chi connectivity index (χ1) is 5.18. The van der Waals surface area contributed by atoms with Crippen LogP contribution < -0.4 is 34.7 Å². The number of unbranched alkanes of at least 4 members (excludes halogenated alkanes) is 3. The van der Waals surface area contributed by atoms with Crippen molar-refractivity contribution < 1.29 is 44.6 Å². The van der Waals surface area contributed by atoms with Crippen LogP contribution in [-0.2, 0) is 4.79 Å². The van der Waals surface area contributed by atoms with Gasteiger partial charge < -0.3 is 15.0 Å². The Morgan fingerprint density at radius 1 is 1.42 bits per heavy atom. The van der Waals surface area contributed by atoms with Gasteiger partial charge in [0.2, 0.25) is 0 Å². The number of aliphatic hydroxyl groups excluding tert-OH is 1. The average Bonchev–Trinajstić information content (AvgIpc) is 1.97. The molecule has 0 aromatic rings. The van der Waals surface area contributed by atoms with Crippen LogP contribution in [0.25, 0.3) is 0 Å². The second kappa shape index (κ2) is 9.52. The summed E-state index contributed by atoms with van der Waals surface area (Å²) in [6.07, 6.45) is 3.01. The molecule has 0 aliphatic heterocycles. The molecule has 1 N–H and O–H groups in total. The monoisotopic (exact) mass is 182 g/mol. The number of hydrogen-bond acceptors (Lipinski definition) is 3. The first-order valence-corrected chi connectivity index (χ1v) is 4.07. The van der Waals surface area contributed by atoms with Crippen LogP contribution in [0.3, 0.4) is 0 Å². The Hall–Kier alpha value is 0.430. The summed E-state index contributed by atoms with van der Waals surface area (Å²) in [5.74, 6) is -1.36. The van der Waals surface area contributed by atoms with Crippen LogP contribution in [0.4, 0.5) is 0 Å². The van der Waals surface area contributed by atoms with E-state index >= 15 is 0 Å². The first-order valence-electron chi connectivity index (χ1n) is 4.07. The number of rotatable bonds is 6. The van der Waals surface area contributed by atoms with Crippen LogP contribution in [0.2, 0.25) is 0 Å². The van der Waals surface area contributed by atoms with Gasteiger partial charge in [0.25, 0.3) is 0 Å². The van der Waals surface area contributed by atoms with Crippen molar-refractivity contribution in [3.63, 3.8) is 0 Å². The third kappa shape index (κ3) is 8.53. The van der Waals surface area contributed by atoms with E-state index in [1.165, 1.54) is 0 Å². The van der Waals surface area contributed by atoms with Crippen LogP contribution >= 0.6 is 0 Å². The molecule has 0 saturated heterocycles. The molecular formula is C8H15NaO3. The van der Waals surface area contributed by atoms with Crippen LogP contribution in [0.5, 0.6) is 0 Å². The van der Waals surface area contributed by atoms with E-state index in [0.717, 1.165) is 25.7 Å². The fraction of sp³-hybridized carbons (Fsp3) is 0.875. The summed E-state index contributed by atoms with van der Waals surface area (Å²) in [5.41, 5.74) is 0. The van der Waals surface area contributed by atoms with Crippen molar-refractivity contribution in [3.05, 3.63) is 0 Å². The molecule has 12 heavy (non-hydrogen) atoms. The minimum atomic E-state index is -1.36. The molecule has 0 radical (unpaired) electrons. The third-order valence-electron chi connectivity index (χ3n) is 1.60. The number of carbonyl (C=O) groups is 1. The van der Waals surface area contributed by atoms with Crippen molar-refractivity contribution in [3.8, 4) is 0 Å². The molecule has 0 fully saturated rings. The third-order valence-corrected chi connectivity index (χ3v) is 1.60. The maximum Gasteiger partial charge on any atom is 1.00 e. The quantitative estimate of drug-likeness (QED) is 0.353. The Morgan fingerprint density at radius 3 is 2.42 bits per heavy atom. The minimum absolute atomic E-state index is 0. The Morgan fingerprint density at radius 2 is 2.00 bits per heavy atom. The number of carboxylic acid groups (broad SMARTS) is 1. The molecule has 1 atom stereocenters. The molecule has 0 saturated carbocycles. The molecule has 0 aromatic heterocycles. The van der Waals surface area contributed by atoms with Gasteiger partial charge in [-0.15, -0.1) is 0 Å². The van der Waals surface area contributed by atoms with Crippen LogP contribution in [0.15, 0.2) is 0 Å². The van der Waals surface area contributed by atoms with Gasteiger partial charge in [-0.2, -0.15) is 0 Å². The molecule has 0 bridgehead atoms. The summed E-state index contributed by atoms with van der Waals surface area (Å²) in [5, 5.41) is 18.8. The summed E-state index contributed by atoms with van der Waals surface area (Å²) in [7, 11) is 0. The summed E-state index contributed by atoms with van der Waals surface area (Å²) >= 11 is 0. The normalized spacial score (nSPS) is 11.8. The fourth-order valence-electron chi connectivity index (χ4n) is 0.882. The van der Waals surface area contributed by atoms with E-state index in [0.29, 0.717) is 6.42 Å². The molecule has 0 aromatic carbocycles. The van der Waals surface area contributed by atoms with Gasteiger partial charge in [-0.3, -0.25) is 0 Å². The molecular weight excluding hydrogens is 167 g/mol. The van der Waals surface area contributed by atoms with Crippen molar-refractivity contribution in [1.29, 1.82) is 0 Å². The Kier molecular flexibility index (Phi) is 11.8. The van der Waals surface area contributed by atoms with Gasteiger partial charge >= 0.3 is 29.6 Å². The maximum atomic E-state index is 10.0. The number of carbonyl (C=O) groups excluding carboxylic acids is 1. The van der Waals surface area contributed by atoms with Crippen molar-refractivity contribution in [1.82, 2.24) is 0 Å². The molecule has 4 heteroatoms. The summed E-state index contributed by atoms with van der Waals surface area (Å²) in [4.78, 5) is 10.0. The van der Waals surface area contributed by atoms with Gasteiger partial charge in [-0.25, -0.2) is 0 Å². The molecule has 3 nitrogen and oxygen atoms in total. The zero-order valence-corrected chi connectivity index (χ0v) is 9.88. The zero-order valence-electron chi connectivity index (χ0n) is 7.88. The van der Waals surface area contributed by atoms with Gasteiger partial charge in [0, 0.05) is 0 Å². The summed E-state index contributed by atoms with van der Waals surface area (Å²) in [6.45, 7) is 2.08.